The molecule has 25 heavy (non-hydrogen) atoms. The summed E-state index contributed by atoms with van der Waals surface area (Å²) < 4.78 is 5.32. The van der Waals surface area contributed by atoms with Crippen molar-refractivity contribution in [1.29, 1.82) is 0 Å². The van der Waals surface area contributed by atoms with Gasteiger partial charge in [-0.25, -0.2) is 0 Å². The number of aromatic nitrogens is 2. The van der Waals surface area contributed by atoms with Crippen LogP contribution in [-0.2, 0) is 6.42 Å². The number of aliphatic imine (C=N–C) groups is 1. The second kappa shape index (κ2) is 8.85. The van der Waals surface area contributed by atoms with Crippen LogP contribution in [0.3, 0.4) is 0 Å². The molecule has 0 unspecified atom stereocenters. The molecule has 1 aromatic carbocycles. The Hall–Kier alpha value is -2.08. The molecule has 134 valence electrons. The molecule has 0 radical (unpaired) electrons. The van der Waals surface area contributed by atoms with Crippen LogP contribution in [0.1, 0.15) is 38.0 Å². The highest BCUT2D eigenvalue weighted by Gasteiger charge is 2.14. The molecular weight excluding hydrogens is 338 g/mol. The molecule has 1 aromatic heterocycles. The molecule has 2 N–H and O–H groups in total. The lowest BCUT2D eigenvalue weighted by Gasteiger charge is -2.24. The van der Waals surface area contributed by atoms with Crippen molar-refractivity contribution in [3.8, 4) is 11.4 Å². The summed E-state index contributed by atoms with van der Waals surface area (Å²) in [5.41, 5.74) is 0.891. The Kier molecular flexibility index (Phi) is 6.28. The number of nitrogens with one attached hydrogen (secondary N) is 2. The molecule has 0 aliphatic heterocycles. The lowest BCUT2D eigenvalue weighted by molar-refractivity contribution is 0.378. The summed E-state index contributed by atoms with van der Waals surface area (Å²) in [6.45, 7) is 0.689. The van der Waals surface area contributed by atoms with Crippen molar-refractivity contribution < 1.29 is 4.52 Å². The number of hydrogen-bond acceptors (Lipinski definition) is 4. The number of hydrogen-bond donors (Lipinski definition) is 2. The second-order valence-corrected chi connectivity index (χ2v) is 6.68. The van der Waals surface area contributed by atoms with Crippen molar-refractivity contribution in [1.82, 2.24) is 20.8 Å². The van der Waals surface area contributed by atoms with E-state index >= 15 is 0 Å². The number of nitrogens with zero attached hydrogens (tertiary/aromatic N) is 3. The Morgan fingerprint density at radius 1 is 1.24 bits per heavy atom. The van der Waals surface area contributed by atoms with Crippen LogP contribution in [0.15, 0.2) is 33.8 Å². The van der Waals surface area contributed by atoms with Crippen molar-refractivity contribution in [2.45, 2.75) is 44.6 Å². The van der Waals surface area contributed by atoms with Crippen LogP contribution in [0, 0.1) is 0 Å². The molecule has 1 fully saturated rings. The minimum absolute atomic E-state index is 0.528. The molecule has 3 rings (SSSR count). The fraction of sp³-hybridized carbons (Fsp3) is 0.500. The van der Waals surface area contributed by atoms with Gasteiger partial charge in [0.2, 0.25) is 11.7 Å². The molecule has 1 aliphatic carbocycles. The van der Waals surface area contributed by atoms with Gasteiger partial charge in [-0.2, -0.15) is 4.98 Å². The highest BCUT2D eigenvalue weighted by molar-refractivity contribution is 6.30. The first-order valence-electron chi connectivity index (χ1n) is 8.80. The molecule has 0 spiro atoms. The SMILES string of the molecule is CN=C(NCCc1nc(-c2ccc(Cl)cc2)no1)NC1CCCCC1. The van der Waals surface area contributed by atoms with Crippen LogP contribution in [-0.4, -0.2) is 35.7 Å². The molecule has 0 amide bonds. The van der Waals surface area contributed by atoms with E-state index in [1.165, 1.54) is 32.1 Å². The van der Waals surface area contributed by atoms with E-state index in [9.17, 15) is 0 Å². The highest BCUT2D eigenvalue weighted by Crippen LogP contribution is 2.19. The van der Waals surface area contributed by atoms with Gasteiger partial charge >= 0.3 is 0 Å². The predicted molar refractivity (Wildman–Crippen MR) is 99.8 cm³/mol. The van der Waals surface area contributed by atoms with Gasteiger partial charge in [0.1, 0.15) is 0 Å². The average Bonchev–Trinajstić information content (AvgIpc) is 3.11. The number of benzene rings is 1. The van der Waals surface area contributed by atoms with Crippen LogP contribution in [0.2, 0.25) is 5.02 Å². The first-order chi connectivity index (χ1) is 12.2. The third kappa shape index (κ3) is 5.19. The molecule has 0 atom stereocenters. The Morgan fingerprint density at radius 3 is 2.72 bits per heavy atom. The van der Waals surface area contributed by atoms with Gasteiger partial charge in [-0.1, -0.05) is 36.0 Å². The summed E-state index contributed by atoms with van der Waals surface area (Å²) in [5.74, 6) is 2.02. The summed E-state index contributed by atoms with van der Waals surface area (Å²) in [4.78, 5) is 8.72. The van der Waals surface area contributed by atoms with Gasteiger partial charge in [0, 0.05) is 36.6 Å². The van der Waals surface area contributed by atoms with Gasteiger partial charge in [0.05, 0.1) is 0 Å². The zero-order chi connectivity index (χ0) is 17.5. The maximum atomic E-state index is 5.90. The van der Waals surface area contributed by atoms with Gasteiger partial charge in [0.15, 0.2) is 5.96 Å². The number of guanidine groups is 1. The van der Waals surface area contributed by atoms with Gasteiger partial charge in [-0.3, -0.25) is 4.99 Å². The molecule has 1 aliphatic rings. The predicted octanol–water partition coefficient (Wildman–Crippen LogP) is 3.43. The Labute approximate surface area is 153 Å². The first kappa shape index (κ1) is 17.7. The minimum atomic E-state index is 0.528. The van der Waals surface area contributed by atoms with Gasteiger partial charge < -0.3 is 15.2 Å². The van der Waals surface area contributed by atoms with Crippen molar-refractivity contribution >= 4 is 17.6 Å². The fourth-order valence-electron chi connectivity index (χ4n) is 3.00. The molecule has 7 heteroatoms. The lowest BCUT2D eigenvalue weighted by atomic mass is 9.96. The normalized spacial score (nSPS) is 16.0. The molecule has 6 nitrogen and oxygen atoms in total. The van der Waals surface area contributed by atoms with Crippen LogP contribution in [0.4, 0.5) is 0 Å². The molecule has 1 heterocycles. The summed E-state index contributed by atoms with van der Waals surface area (Å²) in [5, 5.41) is 11.5. The zero-order valence-corrected chi connectivity index (χ0v) is 15.2. The highest BCUT2D eigenvalue weighted by atomic mass is 35.5. The topological polar surface area (TPSA) is 75.3 Å². The van der Waals surface area contributed by atoms with E-state index in [1.807, 2.05) is 24.3 Å². The third-order valence-corrected chi connectivity index (χ3v) is 4.62. The van der Waals surface area contributed by atoms with E-state index in [0.29, 0.717) is 35.7 Å². The monoisotopic (exact) mass is 361 g/mol. The van der Waals surface area contributed by atoms with Gasteiger partial charge in [-0.05, 0) is 37.1 Å². The second-order valence-electron chi connectivity index (χ2n) is 6.25. The summed E-state index contributed by atoms with van der Waals surface area (Å²) in [6, 6.07) is 7.92. The maximum Gasteiger partial charge on any atom is 0.228 e. The van der Waals surface area contributed by atoms with E-state index in [0.717, 1.165) is 11.5 Å². The average molecular weight is 362 g/mol. The largest absolute Gasteiger partial charge is 0.356 e. The molecule has 0 saturated heterocycles. The third-order valence-electron chi connectivity index (χ3n) is 4.37. The van der Waals surface area contributed by atoms with Crippen LogP contribution in [0.25, 0.3) is 11.4 Å². The minimum Gasteiger partial charge on any atom is -0.356 e. The zero-order valence-electron chi connectivity index (χ0n) is 14.5. The Bertz CT molecular complexity index is 692. The van der Waals surface area contributed by atoms with E-state index in [2.05, 4.69) is 25.8 Å². The van der Waals surface area contributed by atoms with E-state index in [1.54, 1.807) is 7.05 Å². The number of rotatable bonds is 5. The van der Waals surface area contributed by atoms with Crippen LogP contribution >= 0.6 is 11.6 Å². The fourth-order valence-corrected chi connectivity index (χ4v) is 3.12. The van der Waals surface area contributed by atoms with E-state index < -0.39 is 0 Å². The standard InChI is InChI=1S/C18H24ClN5O/c1-20-18(22-15-5-3-2-4-6-15)21-12-11-16-23-17(24-25-16)13-7-9-14(19)10-8-13/h7-10,15H,2-6,11-12H2,1H3,(H2,20,21,22). The maximum absolute atomic E-state index is 5.90. The Morgan fingerprint density at radius 2 is 2.00 bits per heavy atom. The van der Waals surface area contributed by atoms with Crippen molar-refractivity contribution in [3.63, 3.8) is 0 Å². The molecular formula is C18H24ClN5O. The molecule has 0 bridgehead atoms. The van der Waals surface area contributed by atoms with Crippen molar-refractivity contribution in [3.05, 3.63) is 35.2 Å². The van der Waals surface area contributed by atoms with Gasteiger partial charge in [0.25, 0.3) is 0 Å². The summed E-state index contributed by atoms with van der Waals surface area (Å²) >= 11 is 5.90. The molecule has 1 saturated carbocycles. The first-order valence-corrected chi connectivity index (χ1v) is 9.18. The van der Waals surface area contributed by atoms with E-state index in [4.69, 9.17) is 16.1 Å². The van der Waals surface area contributed by atoms with Crippen LogP contribution in [0.5, 0.6) is 0 Å². The van der Waals surface area contributed by atoms with Gasteiger partial charge in [-0.15, -0.1) is 0 Å². The lowest BCUT2D eigenvalue weighted by Crippen LogP contribution is -2.44. The number of halogens is 1. The van der Waals surface area contributed by atoms with E-state index in [-0.39, 0.29) is 0 Å². The summed E-state index contributed by atoms with van der Waals surface area (Å²) in [6.07, 6.45) is 7.02. The van der Waals surface area contributed by atoms with Crippen molar-refractivity contribution in [2.75, 3.05) is 13.6 Å². The van der Waals surface area contributed by atoms with Crippen molar-refractivity contribution in [2.24, 2.45) is 4.99 Å². The summed E-state index contributed by atoms with van der Waals surface area (Å²) in [7, 11) is 1.80. The smallest absolute Gasteiger partial charge is 0.228 e. The molecule has 2 aromatic rings. The van der Waals surface area contributed by atoms with Crippen LogP contribution < -0.4 is 10.6 Å². The quantitative estimate of drug-likeness (QED) is 0.630. The Balaban J connectivity index is 1.47.